The van der Waals surface area contributed by atoms with E-state index in [-0.39, 0.29) is 5.91 Å². The molecule has 0 spiro atoms. The van der Waals surface area contributed by atoms with Gasteiger partial charge in [0.2, 0.25) is 5.91 Å². The fraction of sp³-hybridized carbons (Fsp3) is 0.0400. The Labute approximate surface area is 166 Å². The van der Waals surface area contributed by atoms with Gasteiger partial charge in [-0.1, -0.05) is 54.6 Å². The van der Waals surface area contributed by atoms with Crippen LogP contribution in [-0.2, 0) is 0 Å². The Morgan fingerprint density at radius 3 is 1.97 bits per heavy atom. The van der Waals surface area contributed by atoms with Crippen LogP contribution in [0.2, 0.25) is 0 Å². The van der Waals surface area contributed by atoms with Crippen molar-refractivity contribution in [2.45, 2.75) is 0 Å². The molecule has 0 saturated carbocycles. The summed E-state index contributed by atoms with van der Waals surface area (Å²) in [6, 6.07) is 19.8. The summed E-state index contributed by atoms with van der Waals surface area (Å²) < 4.78 is 0. The highest BCUT2D eigenvalue weighted by molar-refractivity contribution is 6.36. The number of rotatable bonds is 4. The van der Waals surface area contributed by atoms with Gasteiger partial charge in [0.25, 0.3) is 5.91 Å². The number of carbonyl (C=O) groups is 2. The van der Waals surface area contributed by atoms with E-state index in [1.165, 1.54) is 5.39 Å². The molecule has 0 aliphatic heterocycles. The number of benzene rings is 5. The maximum absolute atomic E-state index is 12.8. The molecule has 4 heteroatoms. The van der Waals surface area contributed by atoms with Gasteiger partial charge in [-0.05, 0) is 49.8 Å². The number of primary amides is 1. The number of hydrogen-bond acceptors (Lipinski definition) is 2. The van der Waals surface area contributed by atoms with Crippen LogP contribution >= 0.6 is 0 Å². The summed E-state index contributed by atoms with van der Waals surface area (Å²) in [7, 11) is 0. The summed E-state index contributed by atoms with van der Waals surface area (Å²) in [6.07, 6.45) is 1.62. The molecule has 5 aromatic rings. The van der Waals surface area contributed by atoms with E-state index in [1.807, 2.05) is 24.3 Å². The van der Waals surface area contributed by atoms with E-state index in [9.17, 15) is 9.59 Å². The van der Waals surface area contributed by atoms with Gasteiger partial charge in [-0.15, -0.1) is 6.58 Å². The molecule has 29 heavy (non-hydrogen) atoms. The van der Waals surface area contributed by atoms with Crippen LogP contribution in [0.1, 0.15) is 20.7 Å². The van der Waals surface area contributed by atoms with Crippen molar-refractivity contribution in [2.24, 2.45) is 5.73 Å². The van der Waals surface area contributed by atoms with Crippen molar-refractivity contribution >= 4 is 54.9 Å². The molecule has 0 fully saturated rings. The van der Waals surface area contributed by atoms with Gasteiger partial charge in [-0.2, -0.15) is 0 Å². The van der Waals surface area contributed by atoms with Gasteiger partial charge < -0.3 is 11.1 Å². The number of nitrogens with one attached hydrogen (secondary N) is 1. The van der Waals surface area contributed by atoms with E-state index in [0.29, 0.717) is 23.1 Å². The van der Waals surface area contributed by atoms with Crippen molar-refractivity contribution in [3.63, 3.8) is 0 Å². The highest BCUT2D eigenvalue weighted by atomic mass is 16.2. The normalized spacial score (nSPS) is 11.4. The van der Waals surface area contributed by atoms with Crippen molar-refractivity contribution in [1.82, 2.24) is 5.32 Å². The highest BCUT2D eigenvalue weighted by Gasteiger charge is 2.21. The van der Waals surface area contributed by atoms with E-state index in [0.717, 1.165) is 32.3 Å². The lowest BCUT2D eigenvalue weighted by Gasteiger charge is -2.17. The number of fused-ring (bicyclic) bond motifs is 2. The summed E-state index contributed by atoms with van der Waals surface area (Å²) in [5, 5.41) is 10.8. The summed E-state index contributed by atoms with van der Waals surface area (Å²) in [4.78, 5) is 25.1. The number of nitrogens with two attached hydrogens (primary N) is 1. The third-order valence-corrected chi connectivity index (χ3v) is 5.56. The minimum Gasteiger partial charge on any atom is -0.366 e. The third-order valence-electron chi connectivity index (χ3n) is 5.56. The molecule has 4 nitrogen and oxygen atoms in total. The second-order valence-electron chi connectivity index (χ2n) is 7.14. The molecule has 0 aliphatic rings. The van der Waals surface area contributed by atoms with Crippen LogP contribution in [0.25, 0.3) is 43.1 Å². The molecular formula is C25H18N2O2. The molecule has 5 aromatic carbocycles. The van der Waals surface area contributed by atoms with Crippen molar-refractivity contribution < 1.29 is 9.59 Å². The van der Waals surface area contributed by atoms with Crippen LogP contribution in [0.3, 0.4) is 0 Å². The number of hydrogen-bond donors (Lipinski definition) is 2. The maximum Gasteiger partial charge on any atom is 0.252 e. The quantitative estimate of drug-likeness (QED) is 0.269. The zero-order chi connectivity index (χ0) is 20.1. The summed E-state index contributed by atoms with van der Waals surface area (Å²) in [6.45, 7) is 3.99. The predicted molar refractivity (Wildman–Crippen MR) is 119 cm³/mol. The SMILES string of the molecule is C=CCNC(=O)c1ccc2c3cccc4cccc(c5ccc(C(N)=O)c1c52)c43. The molecule has 0 aliphatic carbocycles. The van der Waals surface area contributed by atoms with Gasteiger partial charge in [0.05, 0.1) is 0 Å². The molecule has 0 aromatic heterocycles. The molecule has 0 bridgehead atoms. The molecule has 0 saturated heterocycles. The molecule has 0 unspecified atom stereocenters. The predicted octanol–water partition coefficient (Wildman–Crippen LogP) is 4.75. The molecule has 3 N–H and O–H groups in total. The van der Waals surface area contributed by atoms with E-state index in [1.54, 1.807) is 18.2 Å². The van der Waals surface area contributed by atoms with Gasteiger partial charge in [-0.25, -0.2) is 0 Å². The van der Waals surface area contributed by atoms with Crippen LogP contribution in [0.15, 0.2) is 73.3 Å². The van der Waals surface area contributed by atoms with Gasteiger partial charge in [0.1, 0.15) is 0 Å². The Kier molecular flexibility index (Phi) is 3.74. The third kappa shape index (κ3) is 2.39. The summed E-state index contributed by atoms with van der Waals surface area (Å²) in [5.74, 6) is -0.809. The van der Waals surface area contributed by atoms with Gasteiger partial charge in [0, 0.05) is 23.1 Å². The first-order valence-corrected chi connectivity index (χ1v) is 9.43. The van der Waals surface area contributed by atoms with Crippen molar-refractivity contribution in [3.05, 3.63) is 84.4 Å². The molecular weight excluding hydrogens is 360 g/mol. The Bertz CT molecular complexity index is 1420. The van der Waals surface area contributed by atoms with Gasteiger partial charge in [-0.3, -0.25) is 9.59 Å². The highest BCUT2D eigenvalue weighted by Crippen LogP contribution is 2.42. The van der Waals surface area contributed by atoms with Crippen LogP contribution in [-0.4, -0.2) is 18.4 Å². The standard InChI is InChI=1S/C25H18N2O2/c1-2-13-27-25(29)20-12-10-18-16-8-4-6-14-5-3-7-15(21(14)16)17-9-11-19(24(26)28)23(20)22(17)18/h2-12H,1,13H2,(H2,26,28)(H,27,29). The minimum absolute atomic E-state index is 0.256. The molecule has 0 radical (unpaired) electrons. The molecule has 0 heterocycles. The largest absolute Gasteiger partial charge is 0.366 e. The molecule has 5 rings (SSSR count). The van der Waals surface area contributed by atoms with Crippen molar-refractivity contribution in [3.8, 4) is 0 Å². The number of amides is 2. The maximum atomic E-state index is 12.8. The lowest BCUT2D eigenvalue weighted by atomic mass is 9.86. The monoisotopic (exact) mass is 378 g/mol. The summed E-state index contributed by atoms with van der Waals surface area (Å²) >= 11 is 0. The molecule has 140 valence electrons. The Morgan fingerprint density at radius 2 is 1.38 bits per heavy atom. The van der Waals surface area contributed by atoms with E-state index in [4.69, 9.17) is 5.73 Å². The van der Waals surface area contributed by atoms with Gasteiger partial charge in [0.15, 0.2) is 0 Å². The second-order valence-corrected chi connectivity index (χ2v) is 7.14. The first-order chi connectivity index (χ1) is 14.1. The van der Waals surface area contributed by atoms with E-state index in [2.05, 4.69) is 36.2 Å². The average Bonchev–Trinajstić information content (AvgIpc) is 2.74. The first kappa shape index (κ1) is 17.2. The Morgan fingerprint density at radius 1 is 0.793 bits per heavy atom. The topological polar surface area (TPSA) is 72.2 Å². The van der Waals surface area contributed by atoms with Crippen LogP contribution in [0.5, 0.6) is 0 Å². The minimum atomic E-state index is -0.552. The van der Waals surface area contributed by atoms with Crippen LogP contribution in [0, 0.1) is 0 Å². The lowest BCUT2D eigenvalue weighted by molar-refractivity contribution is 0.0959. The van der Waals surface area contributed by atoms with Crippen molar-refractivity contribution in [2.75, 3.05) is 6.54 Å². The Balaban J connectivity index is 2.03. The van der Waals surface area contributed by atoms with Gasteiger partial charge >= 0.3 is 0 Å². The first-order valence-electron chi connectivity index (χ1n) is 9.43. The van der Waals surface area contributed by atoms with Crippen LogP contribution in [0.4, 0.5) is 0 Å². The molecule has 0 atom stereocenters. The summed E-state index contributed by atoms with van der Waals surface area (Å²) in [5.41, 5.74) is 6.48. The zero-order valence-corrected chi connectivity index (χ0v) is 15.7. The second kappa shape index (κ2) is 6.31. The fourth-order valence-electron chi connectivity index (χ4n) is 4.39. The molecule has 2 amide bonds. The lowest BCUT2D eigenvalue weighted by Crippen LogP contribution is -2.24. The Hall–Kier alpha value is -3.92. The van der Waals surface area contributed by atoms with Crippen molar-refractivity contribution in [1.29, 1.82) is 0 Å². The zero-order valence-electron chi connectivity index (χ0n) is 15.7. The van der Waals surface area contributed by atoms with E-state index < -0.39 is 5.91 Å². The van der Waals surface area contributed by atoms with Crippen LogP contribution < -0.4 is 11.1 Å². The number of carbonyl (C=O) groups excluding carboxylic acids is 2. The average molecular weight is 378 g/mol. The fourth-order valence-corrected chi connectivity index (χ4v) is 4.39. The van der Waals surface area contributed by atoms with E-state index >= 15 is 0 Å². The smallest absolute Gasteiger partial charge is 0.252 e.